The number of nitrogens with two attached hydrogens (primary N) is 1. The highest BCUT2D eigenvalue weighted by atomic mass is 35.5. The number of halogens is 2. The second kappa shape index (κ2) is 8.28. The number of carbonyl (C=O) groups is 1. The molecule has 0 amide bonds. The first-order chi connectivity index (χ1) is 11.9. The van der Waals surface area contributed by atoms with Gasteiger partial charge in [0, 0.05) is 6.42 Å². The van der Waals surface area contributed by atoms with Gasteiger partial charge >= 0.3 is 5.97 Å². The molecule has 0 spiro atoms. The molecule has 0 bridgehead atoms. The van der Waals surface area contributed by atoms with Crippen LogP contribution in [0.1, 0.15) is 38.2 Å². The predicted octanol–water partition coefficient (Wildman–Crippen LogP) is 4.42. The summed E-state index contributed by atoms with van der Waals surface area (Å²) in [5.41, 5.74) is 6.96. The lowest BCUT2D eigenvalue weighted by molar-refractivity contribution is -0.139. The Labute approximate surface area is 156 Å². The minimum Gasteiger partial charge on any atom is -0.463 e. The van der Waals surface area contributed by atoms with Gasteiger partial charge in [-0.15, -0.1) is 0 Å². The zero-order valence-electron chi connectivity index (χ0n) is 13.9. The van der Waals surface area contributed by atoms with Crippen LogP contribution >= 0.6 is 23.2 Å². The largest absolute Gasteiger partial charge is 0.463 e. The summed E-state index contributed by atoms with van der Waals surface area (Å²) in [4.78, 5) is 12.6. The molecule has 1 aromatic rings. The standard InChI is InChI=1S/C18H18Cl2N2O3/c1-3-5-14-16(18(23)24-4-2)15(11(9-21)17(22)25-14)10-6-7-12(19)13(20)8-10/h6-8,15H,3-5,22H2,1-2H3/t15-/m1/s1. The van der Waals surface area contributed by atoms with Crippen molar-refractivity contribution in [3.05, 3.63) is 56.6 Å². The third-order valence-electron chi connectivity index (χ3n) is 3.75. The zero-order chi connectivity index (χ0) is 18.6. The molecular formula is C18H18Cl2N2O3. The summed E-state index contributed by atoms with van der Waals surface area (Å²) in [5.74, 6) is -0.861. The Morgan fingerprint density at radius 2 is 2.08 bits per heavy atom. The number of benzene rings is 1. The van der Waals surface area contributed by atoms with Crippen molar-refractivity contribution < 1.29 is 14.3 Å². The summed E-state index contributed by atoms with van der Waals surface area (Å²) in [7, 11) is 0. The molecule has 0 saturated carbocycles. The van der Waals surface area contributed by atoms with Gasteiger partial charge in [-0.25, -0.2) is 4.79 Å². The van der Waals surface area contributed by atoms with Gasteiger partial charge in [-0.1, -0.05) is 36.2 Å². The van der Waals surface area contributed by atoms with Crippen LogP contribution in [0.25, 0.3) is 0 Å². The van der Waals surface area contributed by atoms with Crippen molar-refractivity contribution in [2.45, 2.75) is 32.6 Å². The van der Waals surface area contributed by atoms with Gasteiger partial charge in [0.1, 0.15) is 17.4 Å². The van der Waals surface area contributed by atoms with Gasteiger partial charge in [-0.05, 0) is 31.0 Å². The average Bonchev–Trinajstić information content (AvgIpc) is 2.57. The molecule has 132 valence electrons. The molecule has 1 aliphatic rings. The smallest absolute Gasteiger partial charge is 0.338 e. The lowest BCUT2D eigenvalue weighted by Gasteiger charge is -2.28. The highest BCUT2D eigenvalue weighted by molar-refractivity contribution is 6.42. The number of hydrogen-bond donors (Lipinski definition) is 1. The Kier molecular flexibility index (Phi) is 6.35. The van der Waals surface area contributed by atoms with Crippen LogP contribution in [-0.4, -0.2) is 12.6 Å². The highest BCUT2D eigenvalue weighted by Gasteiger charge is 2.37. The molecule has 7 heteroatoms. The van der Waals surface area contributed by atoms with Gasteiger partial charge in [-0.2, -0.15) is 5.26 Å². The second-order valence-electron chi connectivity index (χ2n) is 5.41. The molecule has 1 aliphatic heterocycles. The van der Waals surface area contributed by atoms with E-state index in [0.29, 0.717) is 27.8 Å². The Bertz CT molecular complexity index is 794. The van der Waals surface area contributed by atoms with Crippen molar-refractivity contribution in [1.29, 1.82) is 5.26 Å². The van der Waals surface area contributed by atoms with E-state index in [1.54, 1.807) is 25.1 Å². The van der Waals surface area contributed by atoms with Gasteiger partial charge in [0.25, 0.3) is 0 Å². The molecule has 2 N–H and O–H groups in total. The Morgan fingerprint density at radius 3 is 2.64 bits per heavy atom. The topological polar surface area (TPSA) is 85.3 Å². The lowest BCUT2D eigenvalue weighted by Crippen LogP contribution is -2.26. The Morgan fingerprint density at radius 1 is 1.36 bits per heavy atom. The van der Waals surface area contributed by atoms with E-state index in [4.69, 9.17) is 38.4 Å². The molecule has 0 radical (unpaired) electrons. The molecule has 1 atom stereocenters. The summed E-state index contributed by atoms with van der Waals surface area (Å²) in [5, 5.41) is 10.3. The van der Waals surface area contributed by atoms with E-state index in [0.717, 1.165) is 6.42 Å². The maximum Gasteiger partial charge on any atom is 0.338 e. The van der Waals surface area contributed by atoms with Crippen molar-refractivity contribution in [2.75, 3.05) is 6.61 Å². The molecule has 0 aromatic heterocycles. The molecule has 0 saturated heterocycles. The molecule has 25 heavy (non-hydrogen) atoms. The predicted molar refractivity (Wildman–Crippen MR) is 95.7 cm³/mol. The van der Waals surface area contributed by atoms with Crippen LogP contribution in [0.2, 0.25) is 10.0 Å². The average molecular weight is 381 g/mol. The fourth-order valence-corrected chi connectivity index (χ4v) is 3.00. The third-order valence-corrected chi connectivity index (χ3v) is 4.49. The molecule has 0 aliphatic carbocycles. The van der Waals surface area contributed by atoms with Gasteiger partial charge in [0.2, 0.25) is 5.88 Å². The minimum absolute atomic E-state index is 0.0185. The molecule has 5 nitrogen and oxygen atoms in total. The van der Waals surface area contributed by atoms with Crippen molar-refractivity contribution >= 4 is 29.2 Å². The van der Waals surface area contributed by atoms with E-state index in [9.17, 15) is 10.1 Å². The molecular weight excluding hydrogens is 363 g/mol. The first-order valence-electron chi connectivity index (χ1n) is 7.87. The highest BCUT2D eigenvalue weighted by Crippen LogP contribution is 2.42. The normalized spacial score (nSPS) is 17.2. The lowest BCUT2D eigenvalue weighted by atomic mass is 9.82. The van der Waals surface area contributed by atoms with Crippen molar-refractivity contribution in [3.8, 4) is 6.07 Å². The van der Waals surface area contributed by atoms with E-state index in [-0.39, 0.29) is 23.6 Å². The van der Waals surface area contributed by atoms with E-state index < -0.39 is 11.9 Å². The summed E-state index contributed by atoms with van der Waals surface area (Å²) in [6, 6.07) is 6.98. The van der Waals surface area contributed by atoms with Crippen LogP contribution in [0.15, 0.2) is 41.0 Å². The van der Waals surface area contributed by atoms with E-state index in [1.807, 2.05) is 13.0 Å². The van der Waals surface area contributed by atoms with Crippen LogP contribution in [0.3, 0.4) is 0 Å². The van der Waals surface area contributed by atoms with Crippen molar-refractivity contribution in [1.82, 2.24) is 0 Å². The quantitative estimate of drug-likeness (QED) is 0.764. The van der Waals surface area contributed by atoms with E-state index in [1.165, 1.54) is 0 Å². The summed E-state index contributed by atoms with van der Waals surface area (Å²) in [6.45, 7) is 3.87. The number of rotatable bonds is 5. The van der Waals surface area contributed by atoms with Gasteiger partial charge < -0.3 is 15.2 Å². The van der Waals surface area contributed by atoms with E-state index >= 15 is 0 Å². The van der Waals surface area contributed by atoms with Gasteiger partial charge in [0.05, 0.1) is 28.1 Å². The van der Waals surface area contributed by atoms with Crippen molar-refractivity contribution in [2.24, 2.45) is 5.73 Å². The van der Waals surface area contributed by atoms with Crippen LogP contribution in [-0.2, 0) is 14.3 Å². The molecule has 0 fully saturated rings. The monoisotopic (exact) mass is 380 g/mol. The maximum absolute atomic E-state index is 12.6. The summed E-state index contributed by atoms with van der Waals surface area (Å²) < 4.78 is 10.8. The van der Waals surface area contributed by atoms with Crippen molar-refractivity contribution in [3.63, 3.8) is 0 Å². The first-order valence-corrected chi connectivity index (χ1v) is 8.62. The summed E-state index contributed by atoms with van der Waals surface area (Å²) >= 11 is 12.1. The summed E-state index contributed by atoms with van der Waals surface area (Å²) in [6.07, 6.45) is 1.23. The Balaban J connectivity index is 2.68. The molecule has 1 aromatic carbocycles. The SMILES string of the molecule is CCCC1=C(C(=O)OCC)[C@H](c2ccc(Cl)c(Cl)c2)C(C#N)=C(N)O1. The number of hydrogen-bond acceptors (Lipinski definition) is 5. The number of esters is 1. The molecule has 2 rings (SSSR count). The zero-order valence-corrected chi connectivity index (χ0v) is 15.4. The number of nitriles is 1. The van der Waals surface area contributed by atoms with Crippen LogP contribution < -0.4 is 5.73 Å². The molecule has 0 unspecified atom stereocenters. The van der Waals surface area contributed by atoms with Crippen LogP contribution in [0.5, 0.6) is 0 Å². The number of carbonyl (C=O) groups excluding carboxylic acids is 1. The van der Waals surface area contributed by atoms with Crippen LogP contribution in [0.4, 0.5) is 0 Å². The van der Waals surface area contributed by atoms with E-state index in [2.05, 4.69) is 0 Å². The maximum atomic E-state index is 12.6. The Hall–Kier alpha value is -2.16. The first kappa shape index (κ1) is 19.2. The number of ether oxygens (including phenoxy) is 2. The fourth-order valence-electron chi connectivity index (χ4n) is 2.69. The van der Waals surface area contributed by atoms with Gasteiger partial charge in [-0.3, -0.25) is 0 Å². The molecule has 1 heterocycles. The number of nitrogens with zero attached hydrogens (tertiary/aromatic N) is 1. The fraction of sp³-hybridized carbons (Fsp3) is 0.333. The minimum atomic E-state index is -0.714. The van der Waals surface area contributed by atoms with Crippen LogP contribution in [0, 0.1) is 11.3 Å². The number of allylic oxidation sites excluding steroid dienone is 2. The van der Waals surface area contributed by atoms with Gasteiger partial charge in [0.15, 0.2) is 0 Å². The third kappa shape index (κ3) is 3.92. The second-order valence-corrected chi connectivity index (χ2v) is 6.22.